The number of benzene rings is 2. The molecule has 7 nitrogen and oxygen atoms in total. The first-order chi connectivity index (χ1) is 14.0. The summed E-state index contributed by atoms with van der Waals surface area (Å²) in [5.74, 6) is 0.995. The van der Waals surface area contributed by atoms with Crippen LogP contribution in [0.1, 0.15) is 34.8 Å². The third-order valence-corrected chi connectivity index (χ3v) is 4.85. The topological polar surface area (TPSA) is 83.1 Å². The maximum absolute atomic E-state index is 12.4. The Labute approximate surface area is 169 Å². The number of methoxy groups -OCH3 is 3. The minimum atomic E-state index is -0.650. The van der Waals surface area contributed by atoms with Gasteiger partial charge in [0.25, 0.3) is 5.91 Å². The van der Waals surface area contributed by atoms with Gasteiger partial charge in [-0.15, -0.1) is 0 Å². The van der Waals surface area contributed by atoms with Gasteiger partial charge in [0.1, 0.15) is 22.8 Å². The molecule has 1 atom stereocenters. The molecule has 29 heavy (non-hydrogen) atoms. The molecule has 154 valence electrons. The average Bonchev–Trinajstić information content (AvgIpc) is 3.60. The van der Waals surface area contributed by atoms with Crippen LogP contribution in [0.25, 0.3) is 0 Å². The summed E-state index contributed by atoms with van der Waals surface area (Å²) in [6, 6.07) is 12.3. The van der Waals surface area contributed by atoms with E-state index in [2.05, 4.69) is 5.32 Å². The lowest BCUT2D eigenvalue weighted by molar-refractivity contribution is -0.125. The lowest BCUT2D eigenvalue weighted by Gasteiger charge is -2.19. The largest absolute Gasteiger partial charge is 0.497 e. The molecular formula is C22H25NO6. The van der Waals surface area contributed by atoms with Crippen LogP contribution in [-0.4, -0.2) is 39.8 Å². The Morgan fingerprint density at radius 1 is 0.966 bits per heavy atom. The number of amides is 1. The zero-order chi connectivity index (χ0) is 20.8. The molecule has 0 radical (unpaired) electrons. The van der Waals surface area contributed by atoms with E-state index >= 15 is 0 Å². The number of ether oxygens (including phenoxy) is 4. The highest BCUT2D eigenvalue weighted by atomic mass is 16.5. The first kappa shape index (κ1) is 20.5. The van der Waals surface area contributed by atoms with Gasteiger partial charge in [-0.2, -0.15) is 0 Å². The van der Waals surface area contributed by atoms with E-state index in [0.29, 0.717) is 17.4 Å². The molecule has 3 rings (SSSR count). The number of hydrogen-bond acceptors (Lipinski definition) is 6. The Balaban J connectivity index is 1.61. The Bertz CT molecular complexity index is 860. The van der Waals surface area contributed by atoms with Gasteiger partial charge in [0.15, 0.2) is 6.61 Å². The van der Waals surface area contributed by atoms with Gasteiger partial charge < -0.3 is 24.3 Å². The maximum Gasteiger partial charge on any atom is 0.342 e. The summed E-state index contributed by atoms with van der Waals surface area (Å²) in [7, 11) is 4.57. The van der Waals surface area contributed by atoms with Crippen LogP contribution in [0, 0.1) is 5.92 Å². The highest BCUT2D eigenvalue weighted by Crippen LogP contribution is 2.41. The van der Waals surface area contributed by atoms with Crippen LogP contribution in [0.5, 0.6) is 17.2 Å². The predicted octanol–water partition coefficient (Wildman–Crippen LogP) is 3.14. The van der Waals surface area contributed by atoms with Gasteiger partial charge in [0.05, 0.1) is 27.4 Å². The van der Waals surface area contributed by atoms with Crippen molar-refractivity contribution >= 4 is 11.9 Å². The fourth-order valence-electron chi connectivity index (χ4n) is 3.11. The first-order valence-corrected chi connectivity index (χ1v) is 9.38. The second kappa shape index (κ2) is 9.32. The fraction of sp³-hybridized carbons (Fsp3) is 0.364. The van der Waals surface area contributed by atoms with Crippen molar-refractivity contribution in [3.63, 3.8) is 0 Å². The van der Waals surface area contributed by atoms with E-state index in [0.717, 1.165) is 24.2 Å². The summed E-state index contributed by atoms with van der Waals surface area (Å²) >= 11 is 0. The molecule has 0 heterocycles. The van der Waals surface area contributed by atoms with E-state index in [4.69, 9.17) is 18.9 Å². The quantitative estimate of drug-likeness (QED) is 0.653. The van der Waals surface area contributed by atoms with Crippen LogP contribution in [0.15, 0.2) is 42.5 Å². The molecule has 1 aliphatic carbocycles. The molecule has 1 aliphatic rings. The van der Waals surface area contributed by atoms with Gasteiger partial charge in [-0.3, -0.25) is 4.79 Å². The van der Waals surface area contributed by atoms with Crippen molar-refractivity contribution in [2.75, 3.05) is 27.9 Å². The number of carbonyl (C=O) groups is 2. The Kier molecular flexibility index (Phi) is 6.59. The zero-order valence-corrected chi connectivity index (χ0v) is 16.8. The Hall–Kier alpha value is -3.22. The molecule has 0 aliphatic heterocycles. The molecule has 1 unspecified atom stereocenters. The van der Waals surface area contributed by atoms with Crippen molar-refractivity contribution < 1.29 is 28.5 Å². The van der Waals surface area contributed by atoms with Crippen LogP contribution in [0.2, 0.25) is 0 Å². The molecule has 0 saturated heterocycles. The van der Waals surface area contributed by atoms with E-state index in [-0.39, 0.29) is 24.1 Å². The van der Waals surface area contributed by atoms with Crippen molar-refractivity contribution in [1.82, 2.24) is 5.32 Å². The maximum atomic E-state index is 12.4. The van der Waals surface area contributed by atoms with Crippen LogP contribution >= 0.6 is 0 Å². The normalized spacial score (nSPS) is 13.9. The van der Waals surface area contributed by atoms with Gasteiger partial charge in [0.2, 0.25) is 0 Å². The molecule has 1 fully saturated rings. The number of rotatable bonds is 9. The van der Waals surface area contributed by atoms with Crippen molar-refractivity contribution in [2.45, 2.75) is 18.9 Å². The van der Waals surface area contributed by atoms with Gasteiger partial charge in [-0.1, -0.05) is 12.1 Å². The molecule has 0 bridgehead atoms. The van der Waals surface area contributed by atoms with Gasteiger partial charge in [0, 0.05) is 0 Å². The highest BCUT2D eigenvalue weighted by molar-refractivity contribution is 5.94. The van der Waals surface area contributed by atoms with Gasteiger partial charge in [-0.25, -0.2) is 4.79 Å². The monoisotopic (exact) mass is 399 g/mol. The summed E-state index contributed by atoms with van der Waals surface area (Å²) in [5, 5.41) is 2.98. The smallest absolute Gasteiger partial charge is 0.342 e. The number of carbonyl (C=O) groups excluding carboxylic acids is 2. The van der Waals surface area contributed by atoms with E-state index in [9.17, 15) is 9.59 Å². The minimum absolute atomic E-state index is 0.113. The van der Waals surface area contributed by atoms with Crippen molar-refractivity contribution in [3.8, 4) is 17.2 Å². The van der Waals surface area contributed by atoms with Crippen LogP contribution in [0.4, 0.5) is 0 Å². The number of hydrogen-bond donors (Lipinski definition) is 1. The van der Waals surface area contributed by atoms with Crippen molar-refractivity contribution in [3.05, 3.63) is 53.6 Å². The molecule has 2 aromatic rings. The SMILES string of the molecule is COc1ccc(C(NC(=O)COC(=O)c2cc(OC)ccc2OC)C2CC2)cc1. The molecule has 1 amide bonds. The van der Waals surface area contributed by atoms with Crippen LogP contribution < -0.4 is 19.5 Å². The van der Waals surface area contributed by atoms with E-state index in [1.165, 1.54) is 20.3 Å². The molecule has 1 N–H and O–H groups in total. The fourth-order valence-corrected chi connectivity index (χ4v) is 3.11. The summed E-state index contributed by atoms with van der Waals surface area (Å²) in [5.41, 5.74) is 1.20. The summed E-state index contributed by atoms with van der Waals surface area (Å²) in [4.78, 5) is 24.8. The summed E-state index contributed by atoms with van der Waals surface area (Å²) < 4.78 is 20.7. The van der Waals surface area contributed by atoms with Gasteiger partial charge in [-0.05, 0) is 54.7 Å². The van der Waals surface area contributed by atoms with Crippen molar-refractivity contribution in [2.24, 2.45) is 5.92 Å². The molecule has 0 spiro atoms. The summed E-state index contributed by atoms with van der Waals surface area (Å²) in [6.45, 7) is -0.376. The number of nitrogens with one attached hydrogen (secondary N) is 1. The third kappa shape index (κ3) is 5.19. The van der Waals surface area contributed by atoms with E-state index in [1.54, 1.807) is 19.2 Å². The third-order valence-electron chi connectivity index (χ3n) is 4.85. The van der Waals surface area contributed by atoms with E-state index in [1.807, 2.05) is 24.3 Å². The minimum Gasteiger partial charge on any atom is -0.497 e. The molecule has 7 heteroatoms. The molecule has 1 saturated carbocycles. The average molecular weight is 399 g/mol. The standard InChI is InChI=1S/C22H25NO6/c1-26-16-8-6-15(7-9-16)21(14-4-5-14)23-20(24)13-29-22(25)18-12-17(27-2)10-11-19(18)28-3/h6-12,14,21H,4-5,13H2,1-3H3,(H,23,24). The Morgan fingerprint density at radius 2 is 1.62 bits per heavy atom. The Morgan fingerprint density at radius 3 is 2.21 bits per heavy atom. The van der Waals surface area contributed by atoms with E-state index < -0.39 is 5.97 Å². The summed E-state index contributed by atoms with van der Waals surface area (Å²) in [6.07, 6.45) is 2.11. The second-order valence-corrected chi connectivity index (χ2v) is 6.80. The predicted molar refractivity (Wildman–Crippen MR) is 106 cm³/mol. The number of esters is 1. The lowest BCUT2D eigenvalue weighted by Crippen LogP contribution is -2.33. The first-order valence-electron chi connectivity index (χ1n) is 9.38. The molecule has 2 aromatic carbocycles. The second-order valence-electron chi connectivity index (χ2n) is 6.80. The highest BCUT2D eigenvalue weighted by Gasteiger charge is 2.33. The lowest BCUT2D eigenvalue weighted by atomic mass is 10.0. The molecular weight excluding hydrogens is 374 g/mol. The zero-order valence-electron chi connectivity index (χ0n) is 16.8. The van der Waals surface area contributed by atoms with Crippen LogP contribution in [0.3, 0.4) is 0 Å². The van der Waals surface area contributed by atoms with Crippen molar-refractivity contribution in [1.29, 1.82) is 0 Å². The molecule has 0 aromatic heterocycles. The van der Waals surface area contributed by atoms with Crippen LogP contribution in [-0.2, 0) is 9.53 Å². The van der Waals surface area contributed by atoms with Gasteiger partial charge >= 0.3 is 5.97 Å².